The van der Waals surface area contributed by atoms with Gasteiger partial charge >= 0.3 is 0 Å². The molecule has 5 rings (SSSR count). The first-order valence-corrected chi connectivity index (χ1v) is 10.1. The summed E-state index contributed by atoms with van der Waals surface area (Å²) in [5.74, 6) is -0.398. The first-order chi connectivity index (χ1) is 14.6. The molecule has 1 aliphatic rings. The van der Waals surface area contributed by atoms with Crippen molar-refractivity contribution in [3.63, 3.8) is 0 Å². The normalized spacial score (nSPS) is 12.7. The highest BCUT2D eigenvalue weighted by molar-refractivity contribution is 9.10. The number of aliphatic imine (C=N–C) groups is 1. The molecule has 0 saturated heterocycles. The van der Waals surface area contributed by atoms with Crippen molar-refractivity contribution in [3.05, 3.63) is 92.9 Å². The second-order valence-corrected chi connectivity index (χ2v) is 7.77. The molecule has 5 nitrogen and oxygen atoms in total. The van der Waals surface area contributed by atoms with Gasteiger partial charge in [0.1, 0.15) is 18.2 Å². The fraction of sp³-hybridized carbons (Fsp3) is 0.0476. The monoisotopic (exact) mass is 485 g/mol. The molecule has 1 aliphatic heterocycles. The molecule has 0 unspecified atom stereocenters. The topological polar surface area (TPSA) is 56.0 Å². The third-order valence-corrected chi connectivity index (χ3v) is 6.06. The number of hydrogen-bond acceptors (Lipinski definition) is 4. The summed E-state index contributed by atoms with van der Waals surface area (Å²) in [7, 11) is 0. The summed E-state index contributed by atoms with van der Waals surface area (Å²) in [6.45, 7) is 0.0685. The van der Waals surface area contributed by atoms with Crippen molar-refractivity contribution in [2.75, 3.05) is 0 Å². The van der Waals surface area contributed by atoms with E-state index in [9.17, 15) is 8.78 Å². The zero-order valence-corrected chi connectivity index (χ0v) is 17.5. The Morgan fingerprint density at radius 1 is 0.967 bits per heavy atom. The number of benzene rings is 2. The van der Waals surface area contributed by atoms with Crippen LogP contribution in [0.4, 0.5) is 8.78 Å². The van der Waals surface area contributed by atoms with Crippen molar-refractivity contribution in [1.82, 2.24) is 19.7 Å². The molecule has 2 aromatic carbocycles. The average molecular weight is 487 g/mol. The SMILES string of the molecule is Fc1cccc(F)c1C1=NCc2nnc(-c3cccnc3)n2-c2ccc(Br)c(Cl)c21. The van der Waals surface area contributed by atoms with Gasteiger partial charge in [0.2, 0.25) is 0 Å². The lowest BCUT2D eigenvalue weighted by atomic mass is 9.99. The predicted molar refractivity (Wildman–Crippen MR) is 113 cm³/mol. The number of fused-ring (bicyclic) bond motifs is 3. The Balaban J connectivity index is 1.84. The van der Waals surface area contributed by atoms with Gasteiger partial charge in [0.05, 0.1) is 22.0 Å². The smallest absolute Gasteiger partial charge is 0.170 e. The molecule has 0 fully saturated rings. The maximum absolute atomic E-state index is 14.7. The molecule has 2 aromatic heterocycles. The van der Waals surface area contributed by atoms with Crippen molar-refractivity contribution in [2.24, 2.45) is 4.99 Å². The Bertz CT molecular complexity index is 1300. The Kier molecular flexibility index (Phi) is 4.67. The summed E-state index contributed by atoms with van der Waals surface area (Å²) in [6, 6.07) is 10.9. The number of nitrogens with zero attached hydrogens (tertiary/aromatic N) is 5. The molecule has 0 saturated carbocycles. The fourth-order valence-corrected chi connectivity index (χ4v) is 4.04. The summed E-state index contributed by atoms with van der Waals surface area (Å²) >= 11 is 10.0. The third-order valence-electron chi connectivity index (χ3n) is 4.78. The Labute approximate surface area is 183 Å². The van der Waals surface area contributed by atoms with E-state index in [2.05, 4.69) is 36.1 Å². The van der Waals surface area contributed by atoms with E-state index < -0.39 is 11.6 Å². The van der Waals surface area contributed by atoms with Gasteiger partial charge in [-0.15, -0.1) is 10.2 Å². The van der Waals surface area contributed by atoms with Crippen molar-refractivity contribution < 1.29 is 8.78 Å². The summed E-state index contributed by atoms with van der Waals surface area (Å²) in [6.07, 6.45) is 3.33. The molecule has 4 aromatic rings. The van der Waals surface area contributed by atoms with Crippen LogP contribution in [0.3, 0.4) is 0 Å². The maximum Gasteiger partial charge on any atom is 0.170 e. The minimum atomic E-state index is -0.721. The van der Waals surface area contributed by atoms with E-state index in [1.54, 1.807) is 35.2 Å². The molecule has 0 atom stereocenters. The van der Waals surface area contributed by atoms with Gasteiger partial charge < -0.3 is 0 Å². The van der Waals surface area contributed by atoms with Crippen LogP contribution >= 0.6 is 27.5 Å². The quantitative estimate of drug-likeness (QED) is 0.383. The lowest BCUT2D eigenvalue weighted by Crippen LogP contribution is -2.13. The number of hydrogen-bond donors (Lipinski definition) is 0. The van der Waals surface area contributed by atoms with E-state index >= 15 is 0 Å². The van der Waals surface area contributed by atoms with Gasteiger partial charge in [-0.3, -0.25) is 14.5 Å². The second-order valence-electron chi connectivity index (χ2n) is 6.53. The van der Waals surface area contributed by atoms with Gasteiger partial charge in [0, 0.05) is 28.0 Å². The molecule has 0 amide bonds. The Morgan fingerprint density at radius 2 is 1.77 bits per heavy atom. The van der Waals surface area contributed by atoms with Crippen LogP contribution in [0.15, 0.2) is 64.3 Å². The van der Waals surface area contributed by atoms with Crippen LogP contribution in [0, 0.1) is 11.6 Å². The maximum atomic E-state index is 14.7. The molecule has 3 heterocycles. The number of pyridine rings is 1. The number of aromatic nitrogens is 4. The summed E-state index contributed by atoms with van der Waals surface area (Å²) in [5, 5.41) is 8.83. The van der Waals surface area contributed by atoms with E-state index in [1.165, 1.54) is 18.2 Å². The fourth-order valence-electron chi connectivity index (χ4n) is 3.46. The number of halogens is 4. The average Bonchev–Trinajstić information content (AvgIpc) is 3.10. The first kappa shape index (κ1) is 19.0. The molecule has 0 N–H and O–H groups in total. The van der Waals surface area contributed by atoms with Gasteiger partial charge in [-0.25, -0.2) is 8.78 Å². The molecular weight excluding hydrogens is 476 g/mol. The molecule has 148 valence electrons. The minimum Gasteiger partial charge on any atom is -0.277 e. The van der Waals surface area contributed by atoms with Crippen LogP contribution in [-0.4, -0.2) is 25.5 Å². The van der Waals surface area contributed by atoms with E-state index in [0.29, 0.717) is 27.4 Å². The summed E-state index contributed by atoms with van der Waals surface area (Å²) in [4.78, 5) is 8.64. The van der Waals surface area contributed by atoms with Gasteiger partial charge in [0.15, 0.2) is 11.6 Å². The minimum absolute atomic E-state index is 0.0685. The molecule has 0 bridgehead atoms. The van der Waals surface area contributed by atoms with Crippen molar-refractivity contribution in [2.45, 2.75) is 6.54 Å². The van der Waals surface area contributed by atoms with Gasteiger partial charge in [-0.2, -0.15) is 0 Å². The van der Waals surface area contributed by atoms with Crippen LogP contribution in [-0.2, 0) is 6.54 Å². The van der Waals surface area contributed by atoms with Crippen molar-refractivity contribution >= 4 is 33.2 Å². The lowest BCUT2D eigenvalue weighted by Gasteiger charge is -2.16. The number of rotatable bonds is 2. The zero-order chi connectivity index (χ0) is 20.8. The second kappa shape index (κ2) is 7.37. The van der Waals surface area contributed by atoms with Crippen LogP contribution < -0.4 is 0 Å². The molecular formula is C21H11BrClF2N5. The van der Waals surface area contributed by atoms with Crippen molar-refractivity contribution in [1.29, 1.82) is 0 Å². The molecule has 0 aliphatic carbocycles. The van der Waals surface area contributed by atoms with Crippen LogP contribution in [0.1, 0.15) is 17.0 Å². The van der Waals surface area contributed by atoms with E-state index in [4.69, 9.17) is 11.6 Å². The van der Waals surface area contributed by atoms with Crippen LogP contribution in [0.2, 0.25) is 5.02 Å². The lowest BCUT2D eigenvalue weighted by molar-refractivity contribution is 0.579. The molecule has 0 radical (unpaired) electrons. The first-order valence-electron chi connectivity index (χ1n) is 8.88. The van der Waals surface area contributed by atoms with Crippen molar-refractivity contribution in [3.8, 4) is 17.1 Å². The molecule has 9 heteroatoms. The van der Waals surface area contributed by atoms with Crippen LogP contribution in [0.5, 0.6) is 0 Å². The third kappa shape index (κ3) is 2.95. The molecule has 30 heavy (non-hydrogen) atoms. The van der Waals surface area contributed by atoms with Gasteiger partial charge in [-0.1, -0.05) is 17.7 Å². The molecule has 0 spiro atoms. The highest BCUT2D eigenvalue weighted by atomic mass is 79.9. The standard InChI is InChI=1S/C21H11BrClF2N5/c22-12-6-7-15-18(19(12)23)20(17-13(24)4-1-5-14(17)25)27-10-16-28-29-21(30(15)16)11-3-2-8-26-9-11/h1-9H,10H2. The van der Waals surface area contributed by atoms with Gasteiger partial charge in [0.25, 0.3) is 0 Å². The predicted octanol–water partition coefficient (Wildman–Crippen LogP) is 5.37. The summed E-state index contributed by atoms with van der Waals surface area (Å²) < 4.78 is 31.7. The van der Waals surface area contributed by atoms with E-state index in [-0.39, 0.29) is 22.8 Å². The van der Waals surface area contributed by atoms with Crippen LogP contribution in [0.25, 0.3) is 17.1 Å². The largest absolute Gasteiger partial charge is 0.277 e. The zero-order valence-electron chi connectivity index (χ0n) is 15.2. The Hall–Kier alpha value is -2.97. The Morgan fingerprint density at radius 3 is 2.50 bits per heavy atom. The summed E-state index contributed by atoms with van der Waals surface area (Å²) in [5.41, 5.74) is 1.58. The van der Waals surface area contributed by atoms with Gasteiger partial charge in [-0.05, 0) is 52.3 Å². The van der Waals surface area contributed by atoms with E-state index in [1.807, 2.05) is 6.07 Å². The van der Waals surface area contributed by atoms with E-state index in [0.717, 1.165) is 5.56 Å². The highest BCUT2D eigenvalue weighted by Crippen LogP contribution is 2.37. The highest BCUT2D eigenvalue weighted by Gasteiger charge is 2.29.